The van der Waals surface area contributed by atoms with Crippen LogP contribution in [-0.4, -0.2) is 17.0 Å². The molecule has 1 amide bonds. The van der Waals surface area contributed by atoms with Crippen LogP contribution in [0.2, 0.25) is 5.02 Å². The van der Waals surface area contributed by atoms with E-state index in [0.717, 1.165) is 17.5 Å². The van der Waals surface area contributed by atoms with Crippen molar-refractivity contribution in [2.45, 2.75) is 32.4 Å². The number of benzene rings is 4. The maximum Gasteiger partial charge on any atom is 0.337 e. The first-order valence-electron chi connectivity index (χ1n) is 12.2. The second-order valence-electron chi connectivity index (χ2n) is 8.86. The fourth-order valence-electron chi connectivity index (χ4n) is 4.51. The Kier molecular flexibility index (Phi) is 8.39. The van der Waals surface area contributed by atoms with Crippen LogP contribution in [0.1, 0.15) is 68.9 Å². The highest BCUT2D eigenvalue weighted by Gasteiger charge is 2.21. The van der Waals surface area contributed by atoms with Crippen molar-refractivity contribution in [1.82, 2.24) is 5.32 Å². The molecule has 0 aliphatic heterocycles. The van der Waals surface area contributed by atoms with Crippen molar-refractivity contribution in [3.05, 3.63) is 135 Å². The number of nitrogens with one attached hydrogen (secondary N) is 2. The van der Waals surface area contributed by atoms with Crippen LogP contribution in [0.3, 0.4) is 0 Å². The van der Waals surface area contributed by atoms with Gasteiger partial charge in [-0.3, -0.25) is 10.1 Å². The topological polar surface area (TPSA) is 78.4 Å². The molecule has 0 fully saturated rings. The third-order valence-corrected chi connectivity index (χ3v) is 6.63. The third kappa shape index (κ3) is 6.26. The van der Waals surface area contributed by atoms with Gasteiger partial charge in [0.05, 0.1) is 17.3 Å². The zero-order valence-electron chi connectivity index (χ0n) is 20.7. The van der Waals surface area contributed by atoms with Gasteiger partial charge in [0.1, 0.15) is 0 Å². The van der Waals surface area contributed by atoms with E-state index in [9.17, 15) is 14.7 Å². The van der Waals surface area contributed by atoms with E-state index < -0.39 is 11.9 Å². The summed E-state index contributed by atoms with van der Waals surface area (Å²) in [6.07, 6.45) is 0.941. The summed E-state index contributed by atoms with van der Waals surface area (Å²) in [5.74, 6) is -1.57. The molecule has 4 aromatic carbocycles. The number of anilines is 1. The van der Waals surface area contributed by atoms with Crippen molar-refractivity contribution in [2.24, 2.45) is 0 Å². The van der Waals surface area contributed by atoms with Crippen molar-refractivity contribution in [1.29, 1.82) is 0 Å². The van der Waals surface area contributed by atoms with Gasteiger partial charge in [-0.2, -0.15) is 0 Å². The lowest BCUT2D eigenvalue weighted by atomic mass is 9.93. The van der Waals surface area contributed by atoms with Gasteiger partial charge >= 0.3 is 5.97 Å². The molecule has 0 saturated heterocycles. The lowest BCUT2D eigenvalue weighted by Gasteiger charge is -2.26. The third-order valence-electron chi connectivity index (χ3n) is 6.39. The highest BCUT2D eigenvalue weighted by Crippen LogP contribution is 2.29. The van der Waals surface area contributed by atoms with Gasteiger partial charge in [-0.25, -0.2) is 4.79 Å². The molecule has 3 N–H and O–H groups in total. The maximum absolute atomic E-state index is 13.2. The number of carboxylic acids is 1. The van der Waals surface area contributed by atoms with Crippen molar-refractivity contribution in [3.63, 3.8) is 0 Å². The fraction of sp³-hybridized carbons (Fsp3) is 0.161. The molecule has 0 heterocycles. The van der Waals surface area contributed by atoms with E-state index in [1.165, 1.54) is 23.3 Å². The van der Waals surface area contributed by atoms with Gasteiger partial charge in [0.15, 0.2) is 0 Å². The normalized spacial score (nSPS) is 12.5. The monoisotopic (exact) mass is 512 g/mol. The molecule has 0 saturated carbocycles. The Morgan fingerprint density at radius 3 is 2.30 bits per heavy atom. The van der Waals surface area contributed by atoms with Gasteiger partial charge in [-0.15, -0.1) is 0 Å². The summed E-state index contributed by atoms with van der Waals surface area (Å²) in [5.41, 5.74) is 5.08. The molecule has 0 aliphatic carbocycles. The Morgan fingerprint density at radius 2 is 1.57 bits per heavy atom. The predicted molar refractivity (Wildman–Crippen MR) is 148 cm³/mol. The van der Waals surface area contributed by atoms with E-state index in [1.807, 2.05) is 36.4 Å². The number of hydrogen-bond acceptors (Lipinski definition) is 3. The molecule has 2 unspecified atom stereocenters. The molecule has 188 valence electrons. The van der Waals surface area contributed by atoms with E-state index in [-0.39, 0.29) is 28.4 Å². The number of amides is 1. The van der Waals surface area contributed by atoms with Crippen molar-refractivity contribution < 1.29 is 14.7 Å². The highest BCUT2D eigenvalue weighted by molar-refractivity contribution is 6.31. The first-order chi connectivity index (χ1) is 17.9. The average molecular weight is 513 g/mol. The van der Waals surface area contributed by atoms with Crippen molar-refractivity contribution in [3.8, 4) is 0 Å². The molecule has 2 atom stereocenters. The predicted octanol–water partition coefficient (Wildman–Crippen LogP) is 7.29. The van der Waals surface area contributed by atoms with Gasteiger partial charge in [-0.1, -0.05) is 85.3 Å². The van der Waals surface area contributed by atoms with Crippen LogP contribution in [-0.2, 0) is 6.42 Å². The second kappa shape index (κ2) is 11.9. The van der Waals surface area contributed by atoms with Crippen LogP contribution in [0, 0.1) is 0 Å². The zero-order valence-corrected chi connectivity index (χ0v) is 21.5. The number of aromatic carboxylic acids is 1. The van der Waals surface area contributed by atoms with Crippen LogP contribution in [0.15, 0.2) is 97.1 Å². The van der Waals surface area contributed by atoms with E-state index in [4.69, 9.17) is 11.6 Å². The van der Waals surface area contributed by atoms with Crippen LogP contribution < -0.4 is 10.6 Å². The Labute approximate surface area is 222 Å². The smallest absolute Gasteiger partial charge is 0.337 e. The summed E-state index contributed by atoms with van der Waals surface area (Å²) in [6.45, 7) is 4.30. The largest absolute Gasteiger partial charge is 0.478 e. The lowest BCUT2D eigenvalue weighted by Crippen LogP contribution is -2.26. The van der Waals surface area contributed by atoms with Crippen molar-refractivity contribution >= 4 is 29.2 Å². The van der Waals surface area contributed by atoms with Crippen molar-refractivity contribution in [2.75, 3.05) is 5.32 Å². The quantitative estimate of drug-likeness (QED) is 0.220. The van der Waals surface area contributed by atoms with Crippen LogP contribution in [0.5, 0.6) is 0 Å². The minimum Gasteiger partial charge on any atom is -0.478 e. The summed E-state index contributed by atoms with van der Waals surface area (Å²) in [5, 5.41) is 16.3. The molecule has 0 aliphatic rings. The summed E-state index contributed by atoms with van der Waals surface area (Å²) >= 11 is 5.95. The molecular weight excluding hydrogens is 484 g/mol. The minimum absolute atomic E-state index is 0.0611. The number of aryl methyl sites for hydroxylation is 1. The number of carbonyl (C=O) groups excluding carboxylic acids is 1. The second-order valence-corrected chi connectivity index (χ2v) is 9.30. The molecule has 4 rings (SSSR count). The lowest BCUT2D eigenvalue weighted by molar-refractivity contribution is 0.0698. The van der Waals surface area contributed by atoms with Gasteiger partial charge in [0.25, 0.3) is 5.91 Å². The maximum atomic E-state index is 13.2. The van der Waals surface area contributed by atoms with Crippen LogP contribution >= 0.6 is 11.6 Å². The summed E-state index contributed by atoms with van der Waals surface area (Å²) in [4.78, 5) is 24.8. The number of hydrogen-bond donors (Lipinski definition) is 3. The van der Waals surface area contributed by atoms with E-state index >= 15 is 0 Å². The Balaban J connectivity index is 1.65. The van der Waals surface area contributed by atoms with Gasteiger partial charge < -0.3 is 10.4 Å². The summed E-state index contributed by atoms with van der Waals surface area (Å²) in [6, 6.07) is 30.2. The number of rotatable bonds is 9. The molecule has 6 heteroatoms. The van der Waals surface area contributed by atoms with Crippen LogP contribution in [0.25, 0.3) is 0 Å². The van der Waals surface area contributed by atoms with Gasteiger partial charge in [0.2, 0.25) is 0 Å². The van der Waals surface area contributed by atoms with Gasteiger partial charge in [0, 0.05) is 16.6 Å². The Morgan fingerprint density at radius 1 is 0.865 bits per heavy atom. The number of halogens is 1. The molecule has 0 aromatic heterocycles. The molecular formula is C31H29ClN2O3. The molecule has 37 heavy (non-hydrogen) atoms. The standard InChI is InChI=1S/C31H29ClN2O3/c1-3-21-10-7-8-15-26(21)20(2)33-29(22-11-5-4-6-12-22)23-13-9-14-24(18-23)30(35)34-28-17-16-25(32)19-27(28)31(36)37/h4-20,29,33H,3H2,1-2H3,(H,34,35)(H,36,37). The molecule has 0 bridgehead atoms. The minimum atomic E-state index is -1.17. The number of carbonyl (C=O) groups is 2. The molecule has 4 aromatic rings. The first kappa shape index (κ1) is 26.1. The summed E-state index contributed by atoms with van der Waals surface area (Å²) in [7, 11) is 0. The first-order valence-corrected chi connectivity index (χ1v) is 12.6. The van der Waals surface area contributed by atoms with E-state index in [1.54, 1.807) is 12.1 Å². The number of carboxylic acid groups (broad SMARTS) is 1. The molecule has 5 nitrogen and oxygen atoms in total. The molecule has 0 radical (unpaired) electrons. The van der Waals surface area contributed by atoms with Crippen LogP contribution in [0.4, 0.5) is 5.69 Å². The SMILES string of the molecule is CCc1ccccc1C(C)NC(c1ccccc1)c1cccc(C(=O)Nc2ccc(Cl)cc2C(=O)O)c1. The molecule has 0 spiro atoms. The van der Waals surface area contributed by atoms with Gasteiger partial charge in [-0.05, 0) is 65.9 Å². The van der Waals surface area contributed by atoms with E-state index in [0.29, 0.717) is 5.56 Å². The fourth-order valence-corrected chi connectivity index (χ4v) is 4.68. The Bertz CT molecular complexity index is 1400. The average Bonchev–Trinajstić information content (AvgIpc) is 2.92. The van der Waals surface area contributed by atoms with E-state index in [2.05, 4.69) is 60.9 Å². The zero-order chi connectivity index (χ0) is 26.4. The Hall–Kier alpha value is -3.93. The highest BCUT2D eigenvalue weighted by atomic mass is 35.5. The summed E-state index contributed by atoms with van der Waals surface area (Å²) < 4.78 is 0.